The van der Waals surface area contributed by atoms with E-state index in [0.29, 0.717) is 39.9 Å². The van der Waals surface area contributed by atoms with E-state index in [4.69, 9.17) is 39.1 Å². The molecule has 0 radical (unpaired) electrons. The molecule has 0 saturated heterocycles. The predicted octanol–water partition coefficient (Wildman–Crippen LogP) is 7.86. The van der Waals surface area contributed by atoms with E-state index < -0.39 is 0 Å². The van der Waals surface area contributed by atoms with Crippen LogP contribution in [0.2, 0.25) is 0 Å². The Morgan fingerprint density at radius 3 is 1.48 bits per heavy atom. The van der Waals surface area contributed by atoms with E-state index in [1.165, 1.54) is 6.33 Å². The summed E-state index contributed by atoms with van der Waals surface area (Å²) >= 11 is 0. The first kappa shape index (κ1) is 60.3. The maximum absolute atomic E-state index is 5.87. The Bertz CT molecular complexity index is 3980. The van der Waals surface area contributed by atoms with Crippen molar-refractivity contribution in [3.8, 4) is 73.3 Å². The van der Waals surface area contributed by atoms with Gasteiger partial charge in [-0.15, -0.1) is 0 Å². The van der Waals surface area contributed by atoms with Crippen LogP contribution in [0, 0.1) is 20.8 Å². The number of hydrogen-bond donors (Lipinski definition) is 6. The number of nitrogens with two attached hydrogens (primary N) is 6. The summed E-state index contributed by atoms with van der Waals surface area (Å²) in [5.74, 6) is 1.62. The lowest BCUT2D eigenvalue weighted by molar-refractivity contribution is 0.414. The highest BCUT2D eigenvalue weighted by molar-refractivity contribution is 5.79. The van der Waals surface area contributed by atoms with Crippen LogP contribution in [0.3, 0.4) is 0 Å². The fourth-order valence-corrected chi connectivity index (χ4v) is 8.37. The Hall–Kier alpha value is -11.4. The average molecular weight is 1130 g/mol. The first-order valence-corrected chi connectivity index (χ1v) is 26.0. The molecule has 0 aliphatic heterocycles. The molecule has 0 unspecified atom stereocenters. The van der Waals surface area contributed by atoms with Crippen LogP contribution < -0.4 is 39.1 Å². The largest absolute Gasteiger partial charge is 0.494 e. The first-order chi connectivity index (χ1) is 40.5. The average Bonchev–Trinajstić information content (AvgIpc) is 4.48. The van der Waals surface area contributed by atoms with Gasteiger partial charge in [-0.2, -0.15) is 5.10 Å². The number of aryl methyl sites for hydroxylation is 7. The summed E-state index contributed by atoms with van der Waals surface area (Å²) in [5, 5.41) is 4.25. The van der Waals surface area contributed by atoms with Crippen molar-refractivity contribution >= 4 is 34.1 Å². The summed E-state index contributed by atoms with van der Waals surface area (Å²) in [6, 6.07) is 11.3. The maximum Gasteiger partial charge on any atom is 0.148 e. The van der Waals surface area contributed by atoms with Crippen molar-refractivity contribution in [2.45, 2.75) is 34.2 Å². The zero-order valence-electron chi connectivity index (χ0n) is 48.2. The van der Waals surface area contributed by atoms with Gasteiger partial charge in [-0.25, -0.2) is 29.9 Å². The highest BCUT2D eigenvalue weighted by atomic mass is 16.5. The van der Waals surface area contributed by atoms with Crippen LogP contribution in [0.25, 0.3) is 67.5 Å². The van der Waals surface area contributed by atoms with Crippen LogP contribution in [0.5, 0.6) is 5.75 Å². The van der Waals surface area contributed by atoms with Crippen molar-refractivity contribution < 1.29 is 4.74 Å². The van der Waals surface area contributed by atoms with E-state index >= 15 is 0 Å². The topological polar surface area (TPSA) is 358 Å². The van der Waals surface area contributed by atoms with Crippen LogP contribution in [-0.2, 0) is 34.7 Å². The van der Waals surface area contributed by atoms with Gasteiger partial charge in [0.25, 0.3) is 0 Å². The molecule has 430 valence electrons. The van der Waals surface area contributed by atoms with Crippen LogP contribution in [-0.4, -0.2) is 95.0 Å². The van der Waals surface area contributed by atoms with Crippen molar-refractivity contribution in [3.05, 3.63) is 184 Å². The molecule has 12 heterocycles. The molecular formula is C59H68N24O. The van der Waals surface area contributed by atoms with E-state index in [9.17, 15) is 0 Å². The molecule has 0 aliphatic carbocycles. The first-order valence-electron chi connectivity index (χ1n) is 26.0. The molecule has 84 heavy (non-hydrogen) atoms. The summed E-state index contributed by atoms with van der Waals surface area (Å²) < 4.78 is 14.9. The quantitative estimate of drug-likeness (QED) is 0.0842. The fourth-order valence-electron chi connectivity index (χ4n) is 8.37. The molecule has 12 N–H and O–H groups in total. The molecule has 0 amide bonds. The molecule has 0 atom stereocenters. The summed E-state index contributed by atoms with van der Waals surface area (Å²) in [6.45, 7) is 8.84. The Morgan fingerprint density at radius 2 is 1.00 bits per heavy atom. The molecule has 25 heteroatoms. The van der Waals surface area contributed by atoms with E-state index in [0.717, 1.165) is 91.2 Å². The van der Waals surface area contributed by atoms with Crippen LogP contribution in [0.4, 0.5) is 34.1 Å². The minimum Gasteiger partial charge on any atom is -0.494 e. The van der Waals surface area contributed by atoms with E-state index in [2.05, 4.69) is 71.8 Å². The second-order valence-corrected chi connectivity index (χ2v) is 18.5. The summed E-state index contributed by atoms with van der Waals surface area (Å²) in [5.41, 5.74) is 52.2. The minimum atomic E-state index is 0.581. The third kappa shape index (κ3) is 14.9. The van der Waals surface area contributed by atoms with Gasteiger partial charge in [0.15, 0.2) is 0 Å². The lowest BCUT2D eigenvalue weighted by Crippen LogP contribution is -1.99. The van der Waals surface area contributed by atoms with Crippen molar-refractivity contribution in [2.24, 2.45) is 28.2 Å². The van der Waals surface area contributed by atoms with Crippen molar-refractivity contribution in [2.75, 3.05) is 41.5 Å². The molecule has 0 aliphatic rings. The molecule has 0 saturated carbocycles. The fraction of sp³-hybridized carbons (Fsp3) is 0.169. The zero-order chi connectivity index (χ0) is 60.3. The lowest BCUT2D eigenvalue weighted by Gasteiger charge is -2.10. The Morgan fingerprint density at radius 1 is 0.464 bits per heavy atom. The Labute approximate surface area is 486 Å². The van der Waals surface area contributed by atoms with Gasteiger partial charge in [0, 0.05) is 106 Å². The number of anilines is 6. The number of rotatable bonds is 8. The van der Waals surface area contributed by atoms with Gasteiger partial charge in [0.1, 0.15) is 17.9 Å². The van der Waals surface area contributed by atoms with Gasteiger partial charge in [-0.3, -0.25) is 34.6 Å². The zero-order valence-corrected chi connectivity index (χ0v) is 48.2. The highest BCUT2D eigenvalue weighted by Crippen LogP contribution is 2.34. The maximum atomic E-state index is 5.87. The molecule has 0 spiro atoms. The van der Waals surface area contributed by atoms with Gasteiger partial charge in [-0.1, -0.05) is 0 Å². The van der Waals surface area contributed by atoms with Gasteiger partial charge in [-0.05, 0) is 69.7 Å². The normalized spacial score (nSPS) is 10.3. The summed E-state index contributed by atoms with van der Waals surface area (Å²) in [7, 11) is 9.30. The van der Waals surface area contributed by atoms with E-state index in [1.807, 2.05) is 122 Å². The Kier molecular flexibility index (Phi) is 20.6. The number of imidazole rings is 4. The van der Waals surface area contributed by atoms with Gasteiger partial charge >= 0.3 is 0 Å². The minimum absolute atomic E-state index is 0.581. The van der Waals surface area contributed by atoms with Crippen LogP contribution in [0.15, 0.2) is 167 Å². The molecule has 0 bridgehead atoms. The smallest absolute Gasteiger partial charge is 0.148 e. The van der Waals surface area contributed by atoms with E-state index in [1.54, 1.807) is 118 Å². The highest BCUT2D eigenvalue weighted by Gasteiger charge is 2.14. The number of hydrogen-bond acceptors (Lipinski definition) is 20. The SMILES string of the molecule is CCn1cncc1-c1ccncc1N.COc1cncc(N)c1-c1cncn1C.Cc1cncnc1-c1ccncc1N.Cc1ncc(-c2ccncc2N)n1C.Cc1ncn(C)c1-c1ccncc1N.Cn1ccc(-c2ccncc2N)n1. The second kappa shape index (κ2) is 28.7. The third-order valence-corrected chi connectivity index (χ3v) is 12.8. The van der Waals surface area contributed by atoms with Crippen molar-refractivity contribution in [3.63, 3.8) is 0 Å². The lowest BCUT2D eigenvalue weighted by atomic mass is 10.1. The molecule has 12 rings (SSSR count). The second-order valence-electron chi connectivity index (χ2n) is 18.5. The standard InChI is InChI=1S/C10H12N4O.2C10H12N4.C10H10N4.C10H12N4.C9H10N4/c1-14-6-13-4-8(14)10-7(11)3-12-5-9(10)15-2;1-7-10(14(2)6-13-7)8-3-4-12-5-9(8)11;1-7-13-6-10(14(7)2)8-3-4-12-5-9(8)11;1-7-4-13-6-14-10(7)8-2-3-12-5-9(8)11;1-2-14-7-13-6-10(14)8-3-4-12-5-9(8)11;1-13-5-3-9(12-13)7-2-4-11-6-8(7)10/h3-6H,11H2,1-2H3;2*3-6H,11H2,1-2H3;2-6H,11H2,1H3;3-7H,2,11H2,1H3;2-6H,10H2,1H3. The predicted molar refractivity (Wildman–Crippen MR) is 329 cm³/mol. The van der Waals surface area contributed by atoms with Crippen molar-refractivity contribution in [1.82, 2.24) is 87.9 Å². The summed E-state index contributed by atoms with van der Waals surface area (Å²) in [6.07, 6.45) is 35.9. The van der Waals surface area contributed by atoms with Gasteiger partial charge in [0.2, 0.25) is 0 Å². The number of aromatic nitrogens is 18. The molecular weight excluding hydrogens is 1060 g/mol. The van der Waals surface area contributed by atoms with Crippen molar-refractivity contribution in [1.29, 1.82) is 0 Å². The molecule has 0 aromatic carbocycles. The monoisotopic (exact) mass is 1130 g/mol. The molecule has 12 aromatic rings. The van der Waals surface area contributed by atoms with Gasteiger partial charge in [0.05, 0.1) is 168 Å². The number of nitrogens with zero attached hydrogens (tertiary/aromatic N) is 18. The number of methoxy groups -OCH3 is 1. The van der Waals surface area contributed by atoms with Crippen LogP contribution >= 0.6 is 0 Å². The third-order valence-electron chi connectivity index (χ3n) is 12.8. The molecule has 12 aromatic heterocycles. The molecule has 25 nitrogen and oxygen atoms in total. The Balaban J connectivity index is 0.000000145. The number of nitrogen functional groups attached to an aromatic ring is 6. The summed E-state index contributed by atoms with van der Waals surface area (Å²) in [4.78, 5) is 48.4. The van der Waals surface area contributed by atoms with Gasteiger partial charge < -0.3 is 57.4 Å². The van der Waals surface area contributed by atoms with Crippen LogP contribution in [0.1, 0.15) is 24.0 Å². The number of pyridine rings is 6. The van der Waals surface area contributed by atoms with E-state index in [-0.39, 0.29) is 0 Å². The number of ether oxygens (including phenoxy) is 1. The molecule has 0 fully saturated rings.